The average molecular weight is 357 g/mol. The molecule has 0 aliphatic carbocycles. The van der Waals surface area contributed by atoms with E-state index in [1.807, 2.05) is 0 Å². The molecule has 6 nitrogen and oxygen atoms in total. The fraction of sp³-hybridized carbons (Fsp3) is 0.429. The van der Waals surface area contributed by atoms with Gasteiger partial charge in [0.25, 0.3) is 0 Å². The Hall–Kier alpha value is -1.44. The lowest BCUT2D eigenvalue weighted by atomic mass is 10.0. The molecule has 1 aromatic rings. The number of carbonyl (C=O) groups excluding carboxylic acids is 2. The van der Waals surface area contributed by atoms with E-state index in [0.717, 1.165) is 0 Å². The Balaban J connectivity index is 2.07. The zero-order chi connectivity index (χ0) is 15.4. The Morgan fingerprint density at radius 3 is 2.81 bits per heavy atom. The summed E-state index contributed by atoms with van der Waals surface area (Å²) in [5.41, 5.74) is 6.81. The van der Waals surface area contributed by atoms with Crippen molar-refractivity contribution in [3.63, 3.8) is 0 Å². The maximum absolute atomic E-state index is 12.1. The van der Waals surface area contributed by atoms with Gasteiger partial charge in [0.15, 0.2) is 0 Å². The summed E-state index contributed by atoms with van der Waals surface area (Å²) in [4.78, 5) is 23.7. The standard InChI is InChI=1S/C14H17BrN2O4/c1-2-21-14(19)8-3-4-12(10(15)5-8)17-13(18)9-6-20-7-11(9)16/h3-5,9,11H,2,6-7,16H2,1H3,(H,17,18). The number of rotatable bonds is 4. The third kappa shape index (κ3) is 3.81. The highest BCUT2D eigenvalue weighted by atomic mass is 79.9. The normalized spacial score (nSPS) is 21.1. The van der Waals surface area contributed by atoms with Crippen LogP contribution < -0.4 is 11.1 Å². The maximum Gasteiger partial charge on any atom is 0.338 e. The highest BCUT2D eigenvalue weighted by Gasteiger charge is 2.31. The van der Waals surface area contributed by atoms with Crippen LogP contribution in [0.25, 0.3) is 0 Å². The number of anilines is 1. The first-order chi connectivity index (χ1) is 10.0. The molecule has 0 aromatic heterocycles. The van der Waals surface area contributed by atoms with E-state index in [0.29, 0.717) is 35.5 Å². The van der Waals surface area contributed by atoms with Gasteiger partial charge in [0.1, 0.15) is 0 Å². The van der Waals surface area contributed by atoms with Crippen molar-refractivity contribution >= 4 is 33.5 Å². The van der Waals surface area contributed by atoms with Crippen LogP contribution in [0, 0.1) is 5.92 Å². The van der Waals surface area contributed by atoms with Gasteiger partial charge in [-0.15, -0.1) is 0 Å². The van der Waals surface area contributed by atoms with E-state index in [4.69, 9.17) is 15.2 Å². The van der Waals surface area contributed by atoms with E-state index in [9.17, 15) is 9.59 Å². The van der Waals surface area contributed by atoms with E-state index >= 15 is 0 Å². The summed E-state index contributed by atoms with van der Waals surface area (Å²) in [7, 11) is 0. The van der Waals surface area contributed by atoms with Crippen LogP contribution in [0.1, 0.15) is 17.3 Å². The summed E-state index contributed by atoms with van der Waals surface area (Å²) >= 11 is 3.33. The largest absolute Gasteiger partial charge is 0.462 e. The second-order valence-corrected chi connectivity index (χ2v) is 5.57. The van der Waals surface area contributed by atoms with Crippen LogP contribution in [-0.2, 0) is 14.3 Å². The lowest BCUT2D eigenvalue weighted by Gasteiger charge is -2.14. The number of esters is 1. The third-order valence-corrected chi connectivity index (χ3v) is 3.86. The monoisotopic (exact) mass is 356 g/mol. The second kappa shape index (κ2) is 7.02. The number of hydrogen-bond donors (Lipinski definition) is 2. The average Bonchev–Trinajstić information content (AvgIpc) is 2.87. The summed E-state index contributed by atoms with van der Waals surface area (Å²) in [6.07, 6.45) is 0. The van der Waals surface area contributed by atoms with Crippen LogP contribution >= 0.6 is 15.9 Å². The van der Waals surface area contributed by atoms with Crippen molar-refractivity contribution in [1.29, 1.82) is 0 Å². The fourth-order valence-electron chi connectivity index (χ4n) is 2.02. The first-order valence-electron chi connectivity index (χ1n) is 6.63. The number of nitrogens with one attached hydrogen (secondary N) is 1. The number of carbonyl (C=O) groups is 2. The Labute approximate surface area is 131 Å². The van der Waals surface area contributed by atoms with Gasteiger partial charge < -0.3 is 20.5 Å². The molecule has 0 bridgehead atoms. The molecule has 0 saturated carbocycles. The lowest BCUT2D eigenvalue weighted by molar-refractivity contribution is -0.120. The quantitative estimate of drug-likeness (QED) is 0.798. The van der Waals surface area contributed by atoms with Crippen LogP contribution in [0.3, 0.4) is 0 Å². The van der Waals surface area contributed by atoms with Crippen LogP contribution in [0.2, 0.25) is 0 Å². The van der Waals surface area contributed by atoms with Gasteiger partial charge in [0.05, 0.1) is 37.0 Å². The molecular formula is C14H17BrN2O4. The molecule has 21 heavy (non-hydrogen) atoms. The van der Waals surface area contributed by atoms with Crippen molar-refractivity contribution in [2.24, 2.45) is 11.7 Å². The van der Waals surface area contributed by atoms with Gasteiger partial charge in [-0.3, -0.25) is 4.79 Å². The van der Waals surface area contributed by atoms with E-state index in [2.05, 4.69) is 21.2 Å². The van der Waals surface area contributed by atoms with E-state index in [1.165, 1.54) is 0 Å². The first-order valence-corrected chi connectivity index (χ1v) is 7.43. The molecule has 2 atom stereocenters. The summed E-state index contributed by atoms with van der Waals surface area (Å²) in [6.45, 7) is 2.77. The van der Waals surface area contributed by atoms with Gasteiger partial charge in [0, 0.05) is 10.5 Å². The summed E-state index contributed by atoms with van der Waals surface area (Å²) in [5, 5.41) is 2.78. The summed E-state index contributed by atoms with van der Waals surface area (Å²) in [5.74, 6) is -0.950. The highest BCUT2D eigenvalue weighted by Crippen LogP contribution is 2.25. The second-order valence-electron chi connectivity index (χ2n) is 4.71. The predicted molar refractivity (Wildman–Crippen MR) is 81.0 cm³/mol. The van der Waals surface area contributed by atoms with Crippen LogP contribution in [0.4, 0.5) is 5.69 Å². The van der Waals surface area contributed by atoms with E-state index in [1.54, 1.807) is 25.1 Å². The van der Waals surface area contributed by atoms with Gasteiger partial charge >= 0.3 is 5.97 Å². The molecule has 1 fully saturated rings. The van der Waals surface area contributed by atoms with Gasteiger partial charge in [-0.05, 0) is 41.1 Å². The van der Waals surface area contributed by atoms with Crippen LogP contribution in [0.5, 0.6) is 0 Å². The maximum atomic E-state index is 12.1. The molecule has 1 saturated heterocycles. The van der Waals surface area contributed by atoms with Crippen molar-refractivity contribution in [1.82, 2.24) is 0 Å². The molecule has 1 heterocycles. The molecule has 3 N–H and O–H groups in total. The molecule has 1 aromatic carbocycles. The molecule has 1 aliphatic rings. The number of hydrogen-bond acceptors (Lipinski definition) is 5. The van der Waals surface area contributed by atoms with Gasteiger partial charge in [-0.2, -0.15) is 0 Å². The fourth-order valence-corrected chi connectivity index (χ4v) is 2.50. The molecular weight excluding hydrogens is 340 g/mol. The minimum absolute atomic E-state index is 0.190. The molecule has 2 unspecified atom stereocenters. The molecule has 0 spiro atoms. The van der Waals surface area contributed by atoms with Gasteiger partial charge in [-0.1, -0.05) is 0 Å². The third-order valence-electron chi connectivity index (χ3n) is 3.20. The molecule has 114 valence electrons. The Morgan fingerprint density at radius 2 is 2.24 bits per heavy atom. The molecule has 7 heteroatoms. The number of benzene rings is 1. The number of halogens is 1. The topological polar surface area (TPSA) is 90.6 Å². The number of ether oxygens (including phenoxy) is 2. The van der Waals surface area contributed by atoms with Crippen molar-refractivity contribution < 1.29 is 19.1 Å². The number of amides is 1. The van der Waals surface area contributed by atoms with E-state index < -0.39 is 5.97 Å². The predicted octanol–water partition coefficient (Wildman–Crippen LogP) is 1.54. The van der Waals surface area contributed by atoms with Gasteiger partial charge in [0.2, 0.25) is 5.91 Å². The molecule has 1 amide bonds. The Kier molecular flexibility index (Phi) is 5.33. The molecule has 1 aliphatic heterocycles. The minimum atomic E-state index is -0.401. The minimum Gasteiger partial charge on any atom is -0.462 e. The van der Waals surface area contributed by atoms with E-state index in [-0.39, 0.29) is 17.9 Å². The summed E-state index contributed by atoms with van der Waals surface area (Å²) in [6, 6.07) is 4.57. The van der Waals surface area contributed by atoms with Crippen molar-refractivity contribution in [3.8, 4) is 0 Å². The van der Waals surface area contributed by atoms with Crippen molar-refractivity contribution in [3.05, 3.63) is 28.2 Å². The van der Waals surface area contributed by atoms with Crippen molar-refractivity contribution in [2.45, 2.75) is 13.0 Å². The Bertz CT molecular complexity index is 550. The van der Waals surface area contributed by atoms with Crippen molar-refractivity contribution in [2.75, 3.05) is 25.1 Å². The smallest absolute Gasteiger partial charge is 0.338 e. The zero-order valence-electron chi connectivity index (χ0n) is 11.6. The van der Waals surface area contributed by atoms with Crippen LogP contribution in [0.15, 0.2) is 22.7 Å². The number of nitrogens with two attached hydrogens (primary N) is 1. The summed E-state index contributed by atoms with van der Waals surface area (Å²) < 4.78 is 10.7. The zero-order valence-corrected chi connectivity index (χ0v) is 13.2. The highest BCUT2D eigenvalue weighted by molar-refractivity contribution is 9.10. The van der Waals surface area contributed by atoms with Crippen LogP contribution in [-0.4, -0.2) is 37.7 Å². The molecule has 2 rings (SSSR count). The lowest BCUT2D eigenvalue weighted by Crippen LogP contribution is -2.37. The molecule has 0 radical (unpaired) electrons. The first kappa shape index (κ1) is 15.9. The SMILES string of the molecule is CCOC(=O)c1ccc(NC(=O)C2COCC2N)c(Br)c1. The van der Waals surface area contributed by atoms with Gasteiger partial charge in [-0.25, -0.2) is 4.79 Å². The Morgan fingerprint density at radius 1 is 1.48 bits per heavy atom.